The third-order valence-corrected chi connectivity index (χ3v) is 3.57. The second-order valence-electron chi connectivity index (χ2n) is 4.28. The van der Waals surface area contributed by atoms with Gasteiger partial charge >= 0.3 is 0 Å². The second-order valence-corrected chi connectivity index (χ2v) is 5.17. The SMILES string of the molecule is COc1cc(CN(C)c2nc3cccc(F)c3o2)sn1. The van der Waals surface area contributed by atoms with Crippen LogP contribution in [0.4, 0.5) is 10.4 Å². The summed E-state index contributed by atoms with van der Waals surface area (Å²) in [6.07, 6.45) is 0. The Hall–Kier alpha value is -2.15. The molecule has 0 N–H and O–H groups in total. The van der Waals surface area contributed by atoms with Crippen molar-refractivity contribution in [3.63, 3.8) is 0 Å². The van der Waals surface area contributed by atoms with Crippen molar-refractivity contribution in [2.75, 3.05) is 19.1 Å². The minimum Gasteiger partial charge on any atom is -0.480 e. The molecule has 0 aliphatic rings. The van der Waals surface area contributed by atoms with E-state index in [0.29, 0.717) is 24.0 Å². The first-order valence-corrected chi connectivity index (χ1v) is 6.70. The number of anilines is 1. The molecule has 0 saturated carbocycles. The Bertz CT molecular complexity index is 740. The molecule has 3 aromatic rings. The Labute approximate surface area is 118 Å². The zero-order valence-electron chi connectivity index (χ0n) is 11.0. The molecule has 0 amide bonds. The zero-order valence-corrected chi connectivity index (χ0v) is 11.8. The summed E-state index contributed by atoms with van der Waals surface area (Å²) < 4.78 is 28.2. The Kier molecular flexibility index (Phi) is 3.27. The molecule has 7 heteroatoms. The van der Waals surface area contributed by atoms with Crippen molar-refractivity contribution >= 4 is 28.6 Å². The van der Waals surface area contributed by atoms with E-state index in [1.54, 1.807) is 24.1 Å². The Morgan fingerprint density at radius 3 is 3.00 bits per heavy atom. The molecule has 2 heterocycles. The fourth-order valence-corrected chi connectivity index (χ4v) is 2.57. The maximum atomic E-state index is 13.6. The number of methoxy groups -OCH3 is 1. The van der Waals surface area contributed by atoms with Gasteiger partial charge in [-0.1, -0.05) is 6.07 Å². The highest BCUT2D eigenvalue weighted by atomic mass is 32.1. The van der Waals surface area contributed by atoms with Crippen LogP contribution in [0.25, 0.3) is 11.1 Å². The average Bonchev–Trinajstić information content (AvgIpc) is 3.05. The minimum atomic E-state index is -0.408. The van der Waals surface area contributed by atoms with Crippen molar-refractivity contribution < 1.29 is 13.5 Å². The predicted octanol–water partition coefficient (Wildman–Crippen LogP) is 3.07. The van der Waals surface area contributed by atoms with Crippen LogP contribution in [0.2, 0.25) is 0 Å². The van der Waals surface area contributed by atoms with Gasteiger partial charge in [-0.3, -0.25) is 0 Å². The van der Waals surface area contributed by atoms with Gasteiger partial charge in [0.1, 0.15) is 5.52 Å². The largest absolute Gasteiger partial charge is 0.480 e. The first-order chi connectivity index (χ1) is 9.67. The fourth-order valence-electron chi connectivity index (χ4n) is 1.83. The smallest absolute Gasteiger partial charge is 0.298 e. The van der Waals surface area contributed by atoms with Crippen LogP contribution in [0.15, 0.2) is 28.7 Å². The number of oxazole rings is 1. The summed E-state index contributed by atoms with van der Waals surface area (Å²) in [6, 6.07) is 6.90. The van der Waals surface area contributed by atoms with Crippen LogP contribution >= 0.6 is 11.5 Å². The van der Waals surface area contributed by atoms with Gasteiger partial charge in [0.05, 0.1) is 13.7 Å². The summed E-state index contributed by atoms with van der Waals surface area (Å²) in [6.45, 7) is 0.565. The first kappa shape index (κ1) is 12.9. The molecule has 0 unspecified atom stereocenters. The number of nitrogens with zero attached hydrogens (tertiary/aromatic N) is 3. The Morgan fingerprint density at radius 1 is 1.45 bits per heavy atom. The van der Waals surface area contributed by atoms with Crippen molar-refractivity contribution in [3.8, 4) is 5.88 Å². The molecule has 20 heavy (non-hydrogen) atoms. The number of ether oxygens (including phenoxy) is 1. The van der Waals surface area contributed by atoms with E-state index in [-0.39, 0.29) is 5.58 Å². The van der Waals surface area contributed by atoms with Gasteiger partial charge < -0.3 is 14.1 Å². The molecule has 2 aromatic heterocycles. The van der Waals surface area contributed by atoms with E-state index in [0.717, 1.165) is 4.88 Å². The molecule has 0 spiro atoms. The third kappa shape index (κ3) is 2.32. The number of fused-ring (bicyclic) bond motifs is 1. The van der Waals surface area contributed by atoms with Gasteiger partial charge in [-0.25, -0.2) is 4.39 Å². The number of hydrogen-bond donors (Lipinski definition) is 0. The standard InChI is InChI=1S/C13H12FN3O2S/c1-17(7-8-6-11(18-2)16-20-8)13-15-10-5-3-4-9(14)12(10)19-13/h3-6H,7H2,1-2H3. The molecule has 0 saturated heterocycles. The van der Waals surface area contributed by atoms with Crippen LogP contribution in [0.3, 0.4) is 0 Å². The van der Waals surface area contributed by atoms with Gasteiger partial charge in [-0.2, -0.15) is 9.36 Å². The Balaban J connectivity index is 1.84. The van der Waals surface area contributed by atoms with Crippen molar-refractivity contribution in [1.29, 1.82) is 0 Å². The highest BCUT2D eigenvalue weighted by Crippen LogP contribution is 2.25. The molecule has 5 nitrogen and oxygen atoms in total. The number of benzene rings is 1. The highest BCUT2D eigenvalue weighted by Gasteiger charge is 2.14. The Morgan fingerprint density at radius 2 is 2.30 bits per heavy atom. The topological polar surface area (TPSA) is 51.4 Å². The predicted molar refractivity (Wildman–Crippen MR) is 74.7 cm³/mol. The van der Waals surface area contributed by atoms with E-state index in [2.05, 4.69) is 9.36 Å². The van der Waals surface area contributed by atoms with Gasteiger partial charge in [-0.05, 0) is 23.7 Å². The number of aromatic nitrogens is 2. The van der Waals surface area contributed by atoms with Gasteiger partial charge in [0.25, 0.3) is 6.01 Å². The van der Waals surface area contributed by atoms with Gasteiger partial charge in [0.2, 0.25) is 5.88 Å². The molecular weight excluding hydrogens is 281 g/mol. The lowest BCUT2D eigenvalue weighted by atomic mass is 10.3. The van der Waals surface area contributed by atoms with Crippen molar-refractivity contribution in [2.45, 2.75) is 6.54 Å². The van der Waals surface area contributed by atoms with Crippen LogP contribution in [0, 0.1) is 5.82 Å². The summed E-state index contributed by atoms with van der Waals surface area (Å²) >= 11 is 1.35. The van der Waals surface area contributed by atoms with E-state index in [1.165, 1.54) is 17.6 Å². The second kappa shape index (κ2) is 5.09. The van der Waals surface area contributed by atoms with Gasteiger partial charge in [0, 0.05) is 18.0 Å². The molecular formula is C13H12FN3O2S. The van der Waals surface area contributed by atoms with Crippen LogP contribution in [-0.2, 0) is 6.54 Å². The molecule has 1 aromatic carbocycles. The maximum absolute atomic E-state index is 13.6. The number of hydrogen-bond acceptors (Lipinski definition) is 6. The van der Waals surface area contributed by atoms with Crippen molar-refractivity contribution in [1.82, 2.24) is 9.36 Å². The number of halogens is 1. The minimum absolute atomic E-state index is 0.177. The van der Waals surface area contributed by atoms with E-state index < -0.39 is 5.82 Å². The lowest BCUT2D eigenvalue weighted by molar-refractivity contribution is 0.402. The molecule has 0 aliphatic carbocycles. The highest BCUT2D eigenvalue weighted by molar-refractivity contribution is 7.05. The summed E-state index contributed by atoms with van der Waals surface area (Å²) in [5.41, 5.74) is 0.685. The van der Waals surface area contributed by atoms with Crippen LogP contribution < -0.4 is 9.64 Å². The summed E-state index contributed by atoms with van der Waals surface area (Å²) in [5, 5.41) is 0. The van der Waals surface area contributed by atoms with Gasteiger partial charge in [-0.15, -0.1) is 0 Å². The summed E-state index contributed by atoms with van der Waals surface area (Å²) in [4.78, 5) is 7.07. The van der Waals surface area contributed by atoms with E-state index >= 15 is 0 Å². The lowest BCUT2D eigenvalue weighted by Crippen LogP contribution is -2.15. The normalized spacial score (nSPS) is 10.9. The van der Waals surface area contributed by atoms with Crippen LogP contribution in [-0.4, -0.2) is 23.5 Å². The monoisotopic (exact) mass is 293 g/mol. The quantitative estimate of drug-likeness (QED) is 0.740. The van der Waals surface area contributed by atoms with Crippen molar-refractivity contribution in [2.24, 2.45) is 0 Å². The van der Waals surface area contributed by atoms with Gasteiger partial charge in [0.15, 0.2) is 11.4 Å². The first-order valence-electron chi connectivity index (χ1n) is 5.93. The molecule has 104 valence electrons. The van der Waals surface area contributed by atoms with E-state index in [4.69, 9.17) is 9.15 Å². The van der Waals surface area contributed by atoms with E-state index in [9.17, 15) is 4.39 Å². The third-order valence-electron chi connectivity index (χ3n) is 2.82. The number of para-hydroxylation sites is 1. The summed E-state index contributed by atoms with van der Waals surface area (Å²) in [7, 11) is 3.40. The molecule has 0 atom stereocenters. The molecule has 0 bridgehead atoms. The molecule has 3 rings (SSSR count). The van der Waals surface area contributed by atoms with Crippen molar-refractivity contribution in [3.05, 3.63) is 35.0 Å². The molecule has 0 radical (unpaired) electrons. The summed E-state index contributed by atoms with van der Waals surface area (Å²) in [5.74, 6) is 0.177. The average molecular weight is 293 g/mol. The fraction of sp³-hybridized carbons (Fsp3) is 0.231. The zero-order chi connectivity index (χ0) is 14.1. The van der Waals surface area contributed by atoms with E-state index in [1.807, 2.05) is 13.1 Å². The lowest BCUT2D eigenvalue weighted by Gasteiger charge is -2.11. The number of rotatable bonds is 4. The maximum Gasteiger partial charge on any atom is 0.298 e. The molecule has 0 aliphatic heterocycles. The van der Waals surface area contributed by atoms with Crippen LogP contribution in [0.1, 0.15) is 4.88 Å². The van der Waals surface area contributed by atoms with Crippen LogP contribution in [0.5, 0.6) is 5.88 Å². The molecule has 0 fully saturated rings.